The Kier molecular flexibility index (Phi) is 5.99. The number of nitrogens with zero attached hydrogens (tertiary/aromatic N) is 2. The number of oxime groups is 1. The van der Waals surface area contributed by atoms with E-state index in [0.717, 1.165) is 39.5 Å². The van der Waals surface area contributed by atoms with Crippen LogP contribution in [0.4, 0.5) is 4.39 Å². The fourth-order valence-corrected chi connectivity index (χ4v) is 3.65. The maximum Gasteiger partial charge on any atom is 0.142 e. The van der Waals surface area contributed by atoms with Gasteiger partial charge in [-0.3, -0.25) is 0 Å². The van der Waals surface area contributed by atoms with E-state index in [1.807, 2.05) is 25.1 Å². The molecule has 0 N–H and O–H groups in total. The van der Waals surface area contributed by atoms with Crippen molar-refractivity contribution in [3.8, 4) is 16.9 Å². The summed E-state index contributed by atoms with van der Waals surface area (Å²) in [4.78, 5) is 5.56. The van der Waals surface area contributed by atoms with Gasteiger partial charge in [0.25, 0.3) is 0 Å². The highest BCUT2D eigenvalue weighted by molar-refractivity contribution is 6.01. The highest BCUT2D eigenvalue weighted by atomic mass is 19.1. The first-order valence-corrected chi connectivity index (χ1v) is 10.3. The third kappa shape index (κ3) is 4.58. The Morgan fingerprint density at radius 3 is 2.26 bits per heavy atom. The van der Waals surface area contributed by atoms with Crippen molar-refractivity contribution in [2.24, 2.45) is 5.16 Å². The summed E-state index contributed by atoms with van der Waals surface area (Å²) < 4.78 is 15.3. The molecule has 0 aliphatic heterocycles. The van der Waals surface area contributed by atoms with Gasteiger partial charge in [0, 0.05) is 16.9 Å². The van der Waals surface area contributed by atoms with Crippen molar-refractivity contribution >= 4 is 5.71 Å². The van der Waals surface area contributed by atoms with Crippen LogP contribution >= 0.6 is 0 Å². The number of aromatic nitrogens is 1. The van der Waals surface area contributed by atoms with Crippen molar-refractivity contribution in [2.45, 2.75) is 27.4 Å². The molecule has 0 fully saturated rings. The van der Waals surface area contributed by atoms with E-state index < -0.39 is 0 Å². The van der Waals surface area contributed by atoms with Crippen LogP contribution in [0.15, 0.2) is 90.1 Å². The average molecular weight is 413 g/mol. The molecule has 0 bridgehead atoms. The summed E-state index contributed by atoms with van der Waals surface area (Å²) in [6.07, 6.45) is 0. The lowest BCUT2D eigenvalue weighted by molar-refractivity contribution is 0.130. The van der Waals surface area contributed by atoms with Crippen molar-refractivity contribution in [1.29, 1.82) is 0 Å². The van der Waals surface area contributed by atoms with Crippen LogP contribution in [0.3, 0.4) is 0 Å². The molecule has 0 aliphatic carbocycles. The summed E-state index contributed by atoms with van der Waals surface area (Å²) in [5.41, 5.74) is 8.35. The van der Waals surface area contributed by atoms with Gasteiger partial charge in [0.2, 0.25) is 0 Å². The van der Waals surface area contributed by atoms with E-state index in [1.54, 1.807) is 12.1 Å². The molecular weight excluding hydrogens is 387 g/mol. The second-order valence-corrected chi connectivity index (χ2v) is 7.64. The molecule has 4 rings (SSSR count). The van der Waals surface area contributed by atoms with E-state index in [1.165, 1.54) is 17.7 Å². The zero-order chi connectivity index (χ0) is 21.8. The predicted molar refractivity (Wildman–Crippen MR) is 124 cm³/mol. The minimum absolute atomic E-state index is 0.259. The number of aryl methyl sites for hydroxylation is 1. The van der Waals surface area contributed by atoms with Crippen LogP contribution in [0, 0.1) is 19.7 Å². The minimum Gasteiger partial charge on any atom is -0.391 e. The van der Waals surface area contributed by atoms with Gasteiger partial charge in [-0.05, 0) is 62.2 Å². The van der Waals surface area contributed by atoms with Gasteiger partial charge >= 0.3 is 0 Å². The van der Waals surface area contributed by atoms with Gasteiger partial charge in [-0.15, -0.1) is 0 Å². The smallest absolute Gasteiger partial charge is 0.142 e. The second kappa shape index (κ2) is 9.00. The van der Waals surface area contributed by atoms with Crippen LogP contribution in [0.5, 0.6) is 0 Å². The average Bonchev–Trinajstić information content (AvgIpc) is 3.13. The molecular formula is C27H25FN2O. The first kappa shape index (κ1) is 20.6. The van der Waals surface area contributed by atoms with Gasteiger partial charge in [0.1, 0.15) is 12.4 Å². The molecule has 0 amide bonds. The van der Waals surface area contributed by atoms with Gasteiger partial charge < -0.3 is 9.40 Å². The summed E-state index contributed by atoms with van der Waals surface area (Å²) >= 11 is 0. The Morgan fingerprint density at radius 2 is 1.58 bits per heavy atom. The second-order valence-electron chi connectivity index (χ2n) is 7.64. The molecule has 0 aliphatic rings. The molecule has 156 valence electrons. The molecule has 0 saturated heterocycles. The van der Waals surface area contributed by atoms with Gasteiger partial charge in [0.05, 0.1) is 11.4 Å². The van der Waals surface area contributed by atoms with Crippen molar-refractivity contribution in [3.05, 3.63) is 113 Å². The molecule has 0 atom stereocenters. The van der Waals surface area contributed by atoms with Gasteiger partial charge in [0.15, 0.2) is 0 Å². The molecule has 0 unspecified atom stereocenters. The van der Waals surface area contributed by atoms with Crippen molar-refractivity contribution in [3.63, 3.8) is 0 Å². The quantitative estimate of drug-likeness (QED) is 0.251. The predicted octanol–water partition coefficient (Wildman–Crippen LogP) is 6.84. The number of hydrogen-bond acceptors (Lipinski definition) is 2. The maximum atomic E-state index is 13.1. The van der Waals surface area contributed by atoms with Crippen LogP contribution in [0.25, 0.3) is 16.9 Å². The Bertz CT molecular complexity index is 1190. The van der Waals surface area contributed by atoms with Crippen LogP contribution in [0.2, 0.25) is 0 Å². The molecule has 0 radical (unpaired) electrons. The summed E-state index contributed by atoms with van der Waals surface area (Å²) in [5.74, 6) is -0.259. The summed E-state index contributed by atoms with van der Waals surface area (Å²) in [6, 6.07) is 27.3. The molecule has 0 spiro atoms. The summed E-state index contributed by atoms with van der Waals surface area (Å²) in [6.45, 7) is 6.42. The molecule has 3 aromatic carbocycles. The normalized spacial score (nSPS) is 11.5. The third-order valence-electron chi connectivity index (χ3n) is 5.34. The minimum atomic E-state index is -0.259. The first-order valence-electron chi connectivity index (χ1n) is 10.3. The van der Waals surface area contributed by atoms with Gasteiger partial charge in [-0.1, -0.05) is 65.3 Å². The zero-order valence-electron chi connectivity index (χ0n) is 18.0. The molecule has 1 aromatic heterocycles. The molecule has 4 heteroatoms. The van der Waals surface area contributed by atoms with E-state index in [0.29, 0.717) is 6.61 Å². The SMILES string of the molecule is C/C(=N\OCc1ccc(F)cc1)c1cc(-c2ccccc2)n(-c2ccc(C)cc2)c1C. The molecule has 3 nitrogen and oxygen atoms in total. The highest BCUT2D eigenvalue weighted by Gasteiger charge is 2.17. The Labute approximate surface area is 182 Å². The number of rotatable bonds is 6. The monoisotopic (exact) mass is 412 g/mol. The lowest BCUT2D eigenvalue weighted by atomic mass is 10.1. The molecule has 31 heavy (non-hydrogen) atoms. The van der Waals surface area contributed by atoms with Gasteiger partial charge in [-0.25, -0.2) is 4.39 Å². The molecule has 1 heterocycles. The van der Waals surface area contributed by atoms with E-state index in [2.05, 4.69) is 66.0 Å². The number of halogens is 1. The highest BCUT2D eigenvalue weighted by Crippen LogP contribution is 2.30. The summed E-state index contributed by atoms with van der Waals surface area (Å²) in [7, 11) is 0. The van der Waals surface area contributed by atoms with Crippen molar-refractivity contribution < 1.29 is 9.23 Å². The fraction of sp³-hybridized carbons (Fsp3) is 0.148. The molecule has 0 saturated carbocycles. The lowest BCUT2D eigenvalue weighted by Gasteiger charge is -2.13. The van der Waals surface area contributed by atoms with Crippen LogP contribution in [0.1, 0.15) is 29.3 Å². The largest absolute Gasteiger partial charge is 0.391 e. The topological polar surface area (TPSA) is 26.5 Å². The van der Waals surface area contributed by atoms with Gasteiger partial charge in [-0.2, -0.15) is 0 Å². The van der Waals surface area contributed by atoms with Crippen LogP contribution in [-0.2, 0) is 11.4 Å². The van der Waals surface area contributed by atoms with Crippen LogP contribution < -0.4 is 0 Å². The van der Waals surface area contributed by atoms with E-state index in [-0.39, 0.29) is 5.82 Å². The standard InChI is InChI=1S/C27H25FN2O/c1-19-9-15-25(16-10-19)30-21(3)26(17-27(30)23-7-5-4-6-8-23)20(2)29-31-18-22-11-13-24(28)14-12-22/h4-17H,18H2,1-3H3/b29-20+. The Hall–Kier alpha value is -3.66. The number of hydrogen-bond donors (Lipinski definition) is 0. The van der Waals surface area contributed by atoms with Crippen LogP contribution in [-0.4, -0.2) is 10.3 Å². The first-order chi connectivity index (χ1) is 15.0. The Balaban J connectivity index is 1.69. The van der Waals surface area contributed by atoms with E-state index >= 15 is 0 Å². The third-order valence-corrected chi connectivity index (χ3v) is 5.34. The van der Waals surface area contributed by atoms with Crippen molar-refractivity contribution in [1.82, 2.24) is 4.57 Å². The van der Waals surface area contributed by atoms with E-state index in [4.69, 9.17) is 4.84 Å². The lowest BCUT2D eigenvalue weighted by Crippen LogP contribution is -2.02. The summed E-state index contributed by atoms with van der Waals surface area (Å²) in [5, 5.41) is 4.34. The molecule has 4 aromatic rings. The van der Waals surface area contributed by atoms with E-state index in [9.17, 15) is 4.39 Å². The zero-order valence-corrected chi connectivity index (χ0v) is 18.0. The van der Waals surface area contributed by atoms with Crippen molar-refractivity contribution in [2.75, 3.05) is 0 Å². The number of benzene rings is 3. The fourth-order valence-electron chi connectivity index (χ4n) is 3.65. The maximum absolute atomic E-state index is 13.1. The Morgan fingerprint density at radius 1 is 0.903 bits per heavy atom.